The highest BCUT2D eigenvalue weighted by molar-refractivity contribution is 5.69. The minimum Gasteiger partial charge on any atom is -0.444 e. The SMILES string of the molecule is CC1(C)CCC(C(C)(C)C2(N)CC2)N(C(=O)OC(C)(C)C)C1. The maximum atomic E-state index is 12.8. The Kier molecular flexibility index (Phi) is 4.09. The molecule has 1 saturated carbocycles. The van der Waals surface area contributed by atoms with E-state index < -0.39 is 5.60 Å². The maximum Gasteiger partial charge on any atom is 0.410 e. The summed E-state index contributed by atoms with van der Waals surface area (Å²) in [7, 11) is 0. The molecule has 2 N–H and O–H groups in total. The molecular weight excluding hydrogens is 276 g/mol. The summed E-state index contributed by atoms with van der Waals surface area (Å²) in [5, 5.41) is 0. The molecular formula is C18H34N2O2. The summed E-state index contributed by atoms with van der Waals surface area (Å²) in [6.07, 6.45) is 4.04. The number of hydrogen-bond donors (Lipinski definition) is 1. The van der Waals surface area contributed by atoms with Crippen molar-refractivity contribution < 1.29 is 9.53 Å². The van der Waals surface area contributed by atoms with Crippen LogP contribution < -0.4 is 5.73 Å². The van der Waals surface area contributed by atoms with Gasteiger partial charge in [0.15, 0.2) is 0 Å². The van der Waals surface area contributed by atoms with Crippen molar-refractivity contribution in [2.75, 3.05) is 6.54 Å². The van der Waals surface area contributed by atoms with Crippen LogP contribution in [0.15, 0.2) is 0 Å². The van der Waals surface area contributed by atoms with Gasteiger partial charge in [0.05, 0.1) is 0 Å². The first-order valence-corrected chi connectivity index (χ1v) is 8.56. The summed E-state index contributed by atoms with van der Waals surface area (Å²) in [6, 6.07) is 0.155. The van der Waals surface area contributed by atoms with E-state index in [1.807, 2.05) is 25.7 Å². The van der Waals surface area contributed by atoms with Gasteiger partial charge < -0.3 is 15.4 Å². The minimum absolute atomic E-state index is 0.0829. The smallest absolute Gasteiger partial charge is 0.410 e. The van der Waals surface area contributed by atoms with Crippen LogP contribution in [0.2, 0.25) is 0 Å². The Balaban J connectivity index is 2.25. The van der Waals surface area contributed by atoms with Crippen molar-refractivity contribution >= 4 is 6.09 Å². The molecule has 1 aliphatic heterocycles. The monoisotopic (exact) mass is 310 g/mol. The number of nitrogens with zero attached hydrogens (tertiary/aromatic N) is 1. The molecule has 2 aliphatic rings. The van der Waals surface area contributed by atoms with E-state index in [9.17, 15) is 4.79 Å². The zero-order valence-electron chi connectivity index (χ0n) is 15.5. The van der Waals surface area contributed by atoms with Gasteiger partial charge in [0.2, 0.25) is 0 Å². The van der Waals surface area contributed by atoms with Crippen molar-refractivity contribution in [3.63, 3.8) is 0 Å². The first-order chi connectivity index (χ1) is 9.78. The largest absolute Gasteiger partial charge is 0.444 e. The highest BCUT2D eigenvalue weighted by Gasteiger charge is 2.58. The van der Waals surface area contributed by atoms with E-state index in [0.29, 0.717) is 0 Å². The van der Waals surface area contributed by atoms with Gasteiger partial charge in [-0.25, -0.2) is 4.79 Å². The molecule has 1 aliphatic carbocycles. The minimum atomic E-state index is -0.465. The number of carbonyl (C=O) groups is 1. The summed E-state index contributed by atoms with van der Waals surface area (Å²) >= 11 is 0. The molecule has 2 rings (SSSR count). The normalized spacial score (nSPS) is 27.5. The highest BCUT2D eigenvalue weighted by Crippen LogP contribution is 2.53. The number of amides is 1. The molecule has 4 nitrogen and oxygen atoms in total. The second-order valence-electron chi connectivity index (χ2n) is 9.70. The van der Waals surface area contributed by atoms with Gasteiger partial charge in [-0.1, -0.05) is 27.7 Å². The van der Waals surface area contributed by atoms with E-state index in [4.69, 9.17) is 10.5 Å². The van der Waals surface area contributed by atoms with Gasteiger partial charge in [0.25, 0.3) is 0 Å². The molecule has 22 heavy (non-hydrogen) atoms. The second-order valence-corrected chi connectivity index (χ2v) is 9.70. The lowest BCUT2D eigenvalue weighted by atomic mass is 9.68. The molecule has 1 heterocycles. The van der Waals surface area contributed by atoms with E-state index >= 15 is 0 Å². The third-order valence-electron chi connectivity index (χ3n) is 5.60. The predicted octanol–water partition coefficient (Wildman–Crippen LogP) is 3.93. The quantitative estimate of drug-likeness (QED) is 0.840. The standard InChI is InChI=1S/C18H34N2O2/c1-15(2,3)22-14(21)20-12-16(4,5)9-8-13(20)17(6,7)18(19)10-11-18/h13H,8-12,19H2,1-7H3. The van der Waals surface area contributed by atoms with E-state index in [0.717, 1.165) is 32.2 Å². The molecule has 0 radical (unpaired) electrons. The van der Waals surface area contributed by atoms with Crippen LogP contribution in [0, 0.1) is 10.8 Å². The zero-order chi connectivity index (χ0) is 17.0. The number of nitrogens with two attached hydrogens (primary N) is 1. The Morgan fingerprint density at radius 2 is 1.68 bits per heavy atom. The number of likely N-dealkylation sites (tertiary alicyclic amines) is 1. The number of carbonyl (C=O) groups excluding carboxylic acids is 1. The lowest BCUT2D eigenvalue weighted by molar-refractivity contribution is -0.0391. The van der Waals surface area contributed by atoms with Crippen LogP contribution in [-0.4, -0.2) is 34.7 Å². The summed E-state index contributed by atoms with van der Waals surface area (Å²) < 4.78 is 5.68. The van der Waals surface area contributed by atoms with Gasteiger partial charge in [-0.15, -0.1) is 0 Å². The van der Waals surface area contributed by atoms with Gasteiger partial charge in [-0.3, -0.25) is 0 Å². The van der Waals surface area contributed by atoms with Gasteiger partial charge in [0.1, 0.15) is 5.60 Å². The molecule has 128 valence electrons. The number of rotatable bonds is 2. The second kappa shape index (κ2) is 5.12. The van der Waals surface area contributed by atoms with E-state index in [1.54, 1.807) is 0 Å². The van der Waals surface area contributed by atoms with Crippen molar-refractivity contribution in [1.29, 1.82) is 0 Å². The molecule has 0 bridgehead atoms. The average Bonchev–Trinajstić information content (AvgIpc) is 3.05. The third-order valence-corrected chi connectivity index (χ3v) is 5.60. The van der Waals surface area contributed by atoms with Gasteiger partial charge in [-0.05, 0) is 51.9 Å². The topological polar surface area (TPSA) is 55.6 Å². The van der Waals surface area contributed by atoms with Crippen LogP contribution >= 0.6 is 0 Å². The lowest BCUT2D eigenvalue weighted by Crippen LogP contribution is -2.61. The molecule has 4 heteroatoms. The Labute approximate surface area is 135 Å². The van der Waals surface area contributed by atoms with Gasteiger partial charge in [-0.2, -0.15) is 0 Å². The summed E-state index contributed by atoms with van der Waals surface area (Å²) in [5.41, 5.74) is 5.99. The van der Waals surface area contributed by atoms with Crippen LogP contribution in [0.25, 0.3) is 0 Å². The Hall–Kier alpha value is -0.770. The third kappa shape index (κ3) is 3.42. The van der Waals surface area contributed by atoms with Crippen LogP contribution in [0.1, 0.15) is 74.1 Å². The molecule has 0 aromatic rings. The van der Waals surface area contributed by atoms with Crippen molar-refractivity contribution in [2.24, 2.45) is 16.6 Å². The van der Waals surface area contributed by atoms with Crippen molar-refractivity contribution in [2.45, 2.75) is 91.3 Å². The fraction of sp³-hybridized carbons (Fsp3) is 0.944. The van der Waals surface area contributed by atoms with Crippen molar-refractivity contribution in [3.8, 4) is 0 Å². The summed E-state index contributed by atoms with van der Waals surface area (Å²) in [6.45, 7) is 15.4. The summed E-state index contributed by atoms with van der Waals surface area (Å²) in [5.74, 6) is 0. The molecule has 1 unspecified atom stereocenters. The molecule has 2 fully saturated rings. The van der Waals surface area contributed by atoms with Crippen molar-refractivity contribution in [3.05, 3.63) is 0 Å². The molecule has 1 atom stereocenters. The number of piperidine rings is 1. The average molecular weight is 310 g/mol. The fourth-order valence-corrected chi connectivity index (χ4v) is 3.71. The molecule has 0 spiro atoms. The highest BCUT2D eigenvalue weighted by atomic mass is 16.6. The molecule has 1 amide bonds. The van der Waals surface area contributed by atoms with E-state index in [-0.39, 0.29) is 28.5 Å². The first-order valence-electron chi connectivity index (χ1n) is 8.56. The first kappa shape index (κ1) is 17.6. The van der Waals surface area contributed by atoms with Crippen LogP contribution in [0.5, 0.6) is 0 Å². The molecule has 0 aromatic heterocycles. The molecule has 0 aromatic carbocycles. The zero-order valence-corrected chi connectivity index (χ0v) is 15.5. The predicted molar refractivity (Wildman–Crippen MR) is 89.7 cm³/mol. The summed E-state index contributed by atoms with van der Waals surface area (Å²) in [4.78, 5) is 14.7. The fourth-order valence-electron chi connectivity index (χ4n) is 3.71. The number of ether oxygens (including phenoxy) is 1. The van der Waals surface area contributed by atoms with Crippen LogP contribution in [-0.2, 0) is 4.74 Å². The number of hydrogen-bond acceptors (Lipinski definition) is 3. The molecule has 1 saturated heterocycles. The Morgan fingerprint density at radius 1 is 1.14 bits per heavy atom. The Bertz CT molecular complexity index is 444. The van der Waals surface area contributed by atoms with E-state index in [2.05, 4.69) is 27.7 Å². The van der Waals surface area contributed by atoms with Crippen LogP contribution in [0.3, 0.4) is 0 Å². The van der Waals surface area contributed by atoms with Gasteiger partial charge >= 0.3 is 6.09 Å². The van der Waals surface area contributed by atoms with Gasteiger partial charge in [0, 0.05) is 23.5 Å². The lowest BCUT2D eigenvalue weighted by Gasteiger charge is -2.51. The van der Waals surface area contributed by atoms with Crippen molar-refractivity contribution in [1.82, 2.24) is 4.90 Å². The van der Waals surface area contributed by atoms with Crippen LogP contribution in [0.4, 0.5) is 4.79 Å². The maximum absolute atomic E-state index is 12.8. The van der Waals surface area contributed by atoms with E-state index in [1.165, 1.54) is 0 Å². The Morgan fingerprint density at radius 3 is 2.14 bits per heavy atom.